The van der Waals surface area contributed by atoms with Crippen LogP contribution in [0.15, 0.2) is 29.9 Å². The molecular weight excluding hydrogens is 320 g/mol. The van der Waals surface area contributed by atoms with Crippen molar-refractivity contribution in [2.75, 3.05) is 13.1 Å². The maximum absolute atomic E-state index is 12.5. The summed E-state index contributed by atoms with van der Waals surface area (Å²) in [6.07, 6.45) is 8.30. The Balaban J connectivity index is 1.40. The number of carbonyl (C=O) groups excluding carboxylic acids is 1. The molecule has 0 spiro atoms. The first-order valence-electron chi connectivity index (χ1n) is 8.60. The van der Waals surface area contributed by atoms with Crippen molar-refractivity contribution in [3.05, 3.63) is 34.9 Å². The van der Waals surface area contributed by atoms with Gasteiger partial charge >= 0.3 is 0 Å². The van der Waals surface area contributed by atoms with Crippen molar-refractivity contribution < 1.29 is 4.79 Å². The van der Waals surface area contributed by atoms with Gasteiger partial charge in [-0.2, -0.15) is 0 Å². The van der Waals surface area contributed by atoms with Gasteiger partial charge in [0, 0.05) is 42.3 Å². The number of hydrogen-bond donors (Lipinski definition) is 1. The lowest BCUT2D eigenvalue weighted by molar-refractivity contribution is -0.141. The van der Waals surface area contributed by atoms with E-state index in [0.29, 0.717) is 5.92 Å². The molecule has 1 aliphatic carbocycles. The Labute approximate surface area is 145 Å². The van der Waals surface area contributed by atoms with Gasteiger partial charge in [0.15, 0.2) is 0 Å². The van der Waals surface area contributed by atoms with Gasteiger partial charge in [0.05, 0.1) is 16.2 Å². The Kier molecular flexibility index (Phi) is 4.10. The Morgan fingerprint density at radius 2 is 1.96 bits per heavy atom. The number of nitrogens with zero attached hydrogens (tertiary/aromatic N) is 3. The standard InChI is InChI=1S/C18H22N4OS/c19-18(6-1-7-18)17(23)22-10-4-14(5-11-22)16-21-15(12-24-16)13-2-8-20-9-3-13/h2-3,8-9,12,14H,1,4-7,10-11,19H2. The summed E-state index contributed by atoms with van der Waals surface area (Å²) in [5.74, 6) is 0.605. The van der Waals surface area contributed by atoms with Crippen LogP contribution in [-0.4, -0.2) is 39.4 Å². The first kappa shape index (κ1) is 15.7. The number of nitrogens with two attached hydrogens (primary N) is 1. The van der Waals surface area contributed by atoms with Gasteiger partial charge < -0.3 is 10.6 Å². The molecule has 3 heterocycles. The van der Waals surface area contributed by atoms with Crippen molar-refractivity contribution in [2.24, 2.45) is 5.73 Å². The number of thiazole rings is 1. The molecule has 1 saturated carbocycles. The summed E-state index contributed by atoms with van der Waals surface area (Å²) < 4.78 is 0. The number of amides is 1. The van der Waals surface area contributed by atoms with E-state index in [1.807, 2.05) is 17.0 Å². The van der Waals surface area contributed by atoms with Gasteiger partial charge in [-0.05, 0) is 44.2 Å². The highest BCUT2D eigenvalue weighted by Gasteiger charge is 2.43. The normalized spacial score (nSPS) is 20.6. The van der Waals surface area contributed by atoms with Gasteiger partial charge in [0.2, 0.25) is 5.91 Å². The quantitative estimate of drug-likeness (QED) is 0.931. The average Bonchev–Trinajstić information content (AvgIpc) is 3.10. The molecular formula is C18H22N4OS. The Hall–Kier alpha value is -1.79. The van der Waals surface area contributed by atoms with Crippen LogP contribution >= 0.6 is 11.3 Å². The fraction of sp³-hybridized carbons (Fsp3) is 0.500. The fourth-order valence-corrected chi connectivity index (χ4v) is 4.55. The van der Waals surface area contributed by atoms with E-state index in [0.717, 1.165) is 56.5 Å². The van der Waals surface area contributed by atoms with E-state index in [9.17, 15) is 4.79 Å². The second-order valence-corrected chi connectivity index (χ2v) is 7.77. The summed E-state index contributed by atoms with van der Waals surface area (Å²) in [5.41, 5.74) is 7.74. The molecule has 4 rings (SSSR count). The third-order valence-electron chi connectivity index (χ3n) is 5.30. The molecule has 0 radical (unpaired) electrons. The first-order chi connectivity index (χ1) is 11.7. The third-order valence-corrected chi connectivity index (χ3v) is 6.31. The molecule has 5 nitrogen and oxygen atoms in total. The second-order valence-electron chi connectivity index (χ2n) is 6.88. The number of aromatic nitrogens is 2. The Morgan fingerprint density at radius 1 is 1.25 bits per heavy atom. The van der Waals surface area contributed by atoms with Crippen LogP contribution in [0.2, 0.25) is 0 Å². The highest BCUT2D eigenvalue weighted by molar-refractivity contribution is 7.10. The van der Waals surface area contributed by atoms with E-state index in [2.05, 4.69) is 10.4 Å². The van der Waals surface area contributed by atoms with Crippen molar-refractivity contribution in [1.29, 1.82) is 0 Å². The topological polar surface area (TPSA) is 72.1 Å². The maximum atomic E-state index is 12.5. The molecule has 2 aliphatic rings. The number of pyridine rings is 1. The molecule has 0 atom stereocenters. The minimum atomic E-state index is -0.567. The number of piperidine rings is 1. The van der Waals surface area contributed by atoms with Crippen LogP contribution in [0.3, 0.4) is 0 Å². The zero-order chi connectivity index (χ0) is 16.6. The van der Waals surface area contributed by atoms with Crippen molar-refractivity contribution in [2.45, 2.75) is 43.6 Å². The van der Waals surface area contributed by atoms with Crippen LogP contribution in [-0.2, 0) is 4.79 Å². The summed E-state index contributed by atoms with van der Waals surface area (Å²) >= 11 is 1.72. The largest absolute Gasteiger partial charge is 0.341 e. The molecule has 2 aromatic rings. The fourth-order valence-electron chi connectivity index (χ4n) is 3.55. The highest BCUT2D eigenvalue weighted by Crippen LogP contribution is 2.35. The predicted molar refractivity (Wildman–Crippen MR) is 94.7 cm³/mol. The summed E-state index contributed by atoms with van der Waals surface area (Å²) in [5, 5.41) is 3.30. The lowest BCUT2D eigenvalue weighted by Gasteiger charge is -2.42. The summed E-state index contributed by atoms with van der Waals surface area (Å²) in [4.78, 5) is 23.3. The number of hydrogen-bond acceptors (Lipinski definition) is 5. The second kappa shape index (κ2) is 6.26. The first-order valence-corrected chi connectivity index (χ1v) is 9.48. The number of carbonyl (C=O) groups is 1. The zero-order valence-electron chi connectivity index (χ0n) is 13.6. The van der Waals surface area contributed by atoms with E-state index >= 15 is 0 Å². The molecule has 0 unspecified atom stereocenters. The van der Waals surface area contributed by atoms with Crippen LogP contribution in [0.4, 0.5) is 0 Å². The van der Waals surface area contributed by atoms with E-state index in [-0.39, 0.29) is 5.91 Å². The Bertz CT molecular complexity index is 718. The monoisotopic (exact) mass is 342 g/mol. The van der Waals surface area contributed by atoms with Crippen LogP contribution < -0.4 is 5.73 Å². The number of likely N-dealkylation sites (tertiary alicyclic amines) is 1. The average molecular weight is 342 g/mol. The summed E-state index contributed by atoms with van der Waals surface area (Å²) in [7, 11) is 0. The van der Waals surface area contributed by atoms with Crippen molar-refractivity contribution in [3.8, 4) is 11.3 Å². The summed E-state index contributed by atoms with van der Waals surface area (Å²) in [6, 6.07) is 3.97. The molecule has 2 aromatic heterocycles. The van der Waals surface area contributed by atoms with Crippen LogP contribution in [0.25, 0.3) is 11.3 Å². The van der Waals surface area contributed by atoms with Crippen LogP contribution in [0, 0.1) is 0 Å². The third kappa shape index (κ3) is 2.84. The van der Waals surface area contributed by atoms with E-state index in [1.165, 1.54) is 5.01 Å². The van der Waals surface area contributed by atoms with Gasteiger partial charge in [-0.15, -0.1) is 11.3 Å². The molecule has 2 N–H and O–H groups in total. The minimum Gasteiger partial charge on any atom is -0.341 e. The number of rotatable bonds is 3. The molecule has 0 bridgehead atoms. The SMILES string of the molecule is NC1(C(=O)N2CCC(c3nc(-c4ccncc4)cs3)CC2)CCC1. The molecule has 1 amide bonds. The maximum Gasteiger partial charge on any atom is 0.242 e. The van der Waals surface area contributed by atoms with Crippen molar-refractivity contribution in [1.82, 2.24) is 14.9 Å². The molecule has 1 saturated heterocycles. The van der Waals surface area contributed by atoms with E-state index < -0.39 is 5.54 Å². The van der Waals surface area contributed by atoms with Gasteiger partial charge in [-0.3, -0.25) is 9.78 Å². The van der Waals surface area contributed by atoms with Gasteiger partial charge in [0.1, 0.15) is 0 Å². The molecule has 126 valence electrons. The van der Waals surface area contributed by atoms with Crippen molar-refractivity contribution in [3.63, 3.8) is 0 Å². The summed E-state index contributed by atoms with van der Waals surface area (Å²) in [6.45, 7) is 1.60. The van der Waals surface area contributed by atoms with Crippen LogP contribution in [0.5, 0.6) is 0 Å². The smallest absolute Gasteiger partial charge is 0.242 e. The van der Waals surface area contributed by atoms with Crippen molar-refractivity contribution >= 4 is 17.2 Å². The molecule has 2 fully saturated rings. The Morgan fingerprint density at radius 3 is 2.58 bits per heavy atom. The predicted octanol–water partition coefficient (Wildman–Crippen LogP) is 2.79. The van der Waals surface area contributed by atoms with Gasteiger partial charge in [0.25, 0.3) is 0 Å². The molecule has 0 aromatic carbocycles. The van der Waals surface area contributed by atoms with Gasteiger partial charge in [-0.1, -0.05) is 0 Å². The van der Waals surface area contributed by atoms with E-state index in [1.54, 1.807) is 23.7 Å². The van der Waals surface area contributed by atoms with Gasteiger partial charge in [-0.25, -0.2) is 4.98 Å². The van der Waals surface area contributed by atoms with E-state index in [4.69, 9.17) is 10.7 Å². The van der Waals surface area contributed by atoms with Crippen LogP contribution in [0.1, 0.15) is 43.0 Å². The lowest BCUT2D eigenvalue weighted by atomic mass is 9.76. The minimum absolute atomic E-state index is 0.156. The zero-order valence-corrected chi connectivity index (χ0v) is 14.5. The highest BCUT2D eigenvalue weighted by atomic mass is 32.1. The molecule has 1 aliphatic heterocycles. The lowest BCUT2D eigenvalue weighted by Crippen LogP contribution is -2.60. The molecule has 6 heteroatoms. The molecule has 24 heavy (non-hydrogen) atoms.